The van der Waals surface area contributed by atoms with E-state index in [-0.39, 0.29) is 6.54 Å². The van der Waals surface area contributed by atoms with Gasteiger partial charge in [0.05, 0.1) is 0 Å². The summed E-state index contributed by atoms with van der Waals surface area (Å²) in [6, 6.07) is -1.23. The minimum absolute atomic E-state index is 0.0701. The molecule has 0 aliphatic heterocycles. The van der Waals surface area contributed by atoms with E-state index in [9.17, 15) is 22.8 Å². The number of nitrogens with one attached hydrogen (secondary N) is 2. The van der Waals surface area contributed by atoms with Crippen molar-refractivity contribution < 1.29 is 27.9 Å². The van der Waals surface area contributed by atoms with Gasteiger partial charge in [0, 0.05) is 6.54 Å². The minimum atomic E-state index is -5.09. The molecule has 0 saturated carbocycles. The van der Waals surface area contributed by atoms with Crippen LogP contribution in [0, 0.1) is 0 Å². The largest absolute Gasteiger partial charge is 0.479 e. The predicted octanol–water partition coefficient (Wildman–Crippen LogP) is 0.877. The van der Waals surface area contributed by atoms with E-state index < -0.39 is 23.7 Å². The summed E-state index contributed by atoms with van der Waals surface area (Å²) in [6.07, 6.45) is -3.85. The Balaban J connectivity index is 4.77. The molecule has 5 nitrogen and oxygen atoms in total. The fourth-order valence-corrected chi connectivity index (χ4v) is 0.682. The van der Waals surface area contributed by atoms with Crippen molar-refractivity contribution >= 4 is 12.0 Å². The van der Waals surface area contributed by atoms with E-state index in [1.807, 2.05) is 5.32 Å². The highest BCUT2D eigenvalue weighted by Crippen LogP contribution is 2.30. The molecule has 0 spiro atoms. The van der Waals surface area contributed by atoms with Crippen LogP contribution in [0.25, 0.3) is 0 Å². The summed E-state index contributed by atoms with van der Waals surface area (Å²) in [5.41, 5.74) is -3.32. The summed E-state index contributed by atoms with van der Waals surface area (Å²) in [4.78, 5) is 21.4. The fraction of sp³-hybridized carbons (Fsp3) is 0.500. The van der Waals surface area contributed by atoms with Gasteiger partial charge in [0.25, 0.3) is 0 Å². The lowest BCUT2D eigenvalue weighted by atomic mass is 10.0. The third-order valence-corrected chi connectivity index (χ3v) is 1.77. The Bertz CT molecular complexity index is 303. The van der Waals surface area contributed by atoms with Gasteiger partial charge in [-0.3, -0.25) is 0 Å². The number of hydrogen-bond acceptors (Lipinski definition) is 2. The number of aliphatic carboxylic acids is 1. The molecule has 0 radical (unpaired) electrons. The number of hydrogen-bond donors (Lipinski definition) is 3. The molecule has 0 bridgehead atoms. The maximum Gasteiger partial charge on any atom is 0.422 e. The van der Waals surface area contributed by atoms with E-state index in [1.54, 1.807) is 0 Å². The summed E-state index contributed by atoms with van der Waals surface area (Å²) < 4.78 is 37.2. The molecule has 0 aromatic heterocycles. The average Bonchev–Trinajstić information content (AvgIpc) is 2.12. The van der Waals surface area contributed by atoms with Crippen LogP contribution < -0.4 is 10.6 Å². The number of carbonyl (C=O) groups is 2. The van der Waals surface area contributed by atoms with Gasteiger partial charge in [0.15, 0.2) is 0 Å². The van der Waals surface area contributed by atoms with Gasteiger partial charge in [-0.25, -0.2) is 9.59 Å². The summed E-state index contributed by atoms with van der Waals surface area (Å²) in [6.45, 7) is 3.53. The van der Waals surface area contributed by atoms with Crippen LogP contribution in [0.5, 0.6) is 0 Å². The molecule has 0 saturated heterocycles. The molecule has 0 heterocycles. The highest BCUT2D eigenvalue weighted by atomic mass is 19.4. The average molecular weight is 240 g/mol. The van der Waals surface area contributed by atoms with Gasteiger partial charge >= 0.3 is 18.2 Å². The molecule has 0 rings (SSSR count). The second kappa shape index (κ2) is 4.86. The van der Waals surface area contributed by atoms with Gasteiger partial charge in [-0.1, -0.05) is 6.08 Å². The van der Waals surface area contributed by atoms with Crippen LogP contribution in [-0.4, -0.2) is 35.4 Å². The summed E-state index contributed by atoms with van der Waals surface area (Å²) in [5.74, 6) is -2.19. The third-order valence-electron chi connectivity index (χ3n) is 1.77. The zero-order chi connectivity index (χ0) is 13.0. The van der Waals surface area contributed by atoms with Crippen molar-refractivity contribution in [3.05, 3.63) is 12.7 Å². The van der Waals surface area contributed by atoms with Gasteiger partial charge < -0.3 is 15.7 Å². The number of carboxylic acids is 1. The smallest absolute Gasteiger partial charge is 0.422 e. The number of carbonyl (C=O) groups excluding carboxylic acids is 1. The van der Waals surface area contributed by atoms with Gasteiger partial charge in [-0.15, -0.1) is 6.58 Å². The Morgan fingerprint density at radius 2 is 1.94 bits per heavy atom. The van der Waals surface area contributed by atoms with Crippen LogP contribution in [-0.2, 0) is 4.79 Å². The zero-order valence-corrected chi connectivity index (χ0v) is 8.39. The van der Waals surface area contributed by atoms with Crippen molar-refractivity contribution in [3.63, 3.8) is 0 Å². The van der Waals surface area contributed by atoms with Crippen molar-refractivity contribution in [2.45, 2.75) is 18.6 Å². The Hall–Kier alpha value is -1.73. The van der Waals surface area contributed by atoms with E-state index >= 15 is 0 Å². The van der Waals surface area contributed by atoms with Gasteiger partial charge in [0.1, 0.15) is 0 Å². The van der Waals surface area contributed by atoms with Crippen molar-refractivity contribution in [2.75, 3.05) is 6.54 Å². The molecule has 3 N–H and O–H groups in total. The highest BCUT2D eigenvalue weighted by Gasteiger charge is 2.58. The standard InChI is InChI=1S/C8H11F3N2O3/c1-3-4-12-6(16)13-7(2,5(14)15)8(9,10)11/h3H,1,4H2,2H3,(H,14,15)(H2,12,13,16). The molecule has 16 heavy (non-hydrogen) atoms. The fourth-order valence-electron chi connectivity index (χ4n) is 0.682. The van der Waals surface area contributed by atoms with Crippen molar-refractivity contribution in [2.24, 2.45) is 0 Å². The monoisotopic (exact) mass is 240 g/mol. The SMILES string of the molecule is C=CCNC(=O)NC(C)(C(=O)O)C(F)(F)F. The van der Waals surface area contributed by atoms with Crippen molar-refractivity contribution in [3.8, 4) is 0 Å². The molecule has 0 fully saturated rings. The second-order valence-electron chi connectivity index (χ2n) is 3.05. The molecule has 0 aromatic rings. The first-order chi connectivity index (χ1) is 7.15. The van der Waals surface area contributed by atoms with Crippen LogP contribution in [0.4, 0.5) is 18.0 Å². The first-order valence-electron chi connectivity index (χ1n) is 4.12. The minimum Gasteiger partial charge on any atom is -0.479 e. The number of urea groups is 1. The topological polar surface area (TPSA) is 78.4 Å². The zero-order valence-electron chi connectivity index (χ0n) is 8.39. The normalized spacial score (nSPS) is 14.8. The molecule has 0 aliphatic carbocycles. The van der Waals surface area contributed by atoms with Crippen LogP contribution in [0.3, 0.4) is 0 Å². The summed E-state index contributed by atoms with van der Waals surface area (Å²) >= 11 is 0. The number of rotatable bonds is 4. The van der Waals surface area contributed by atoms with Crippen LogP contribution in [0.15, 0.2) is 12.7 Å². The van der Waals surface area contributed by atoms with Gasteiger partial charge in [-0.05, 0) is 6.92 Å². The predicted molar refractivity (Wildman–Crippen MR) is 48.8 cm³/mol. The van der Waals surface area contributed by atoms with E-state index in [0.29, 0.717) is 6.92 Å². The van der Waals surface area contributed by atoms with Crippen LogP contribution in [0.2, 0.25) is 0 Å². The number of amides is 2. The number of carboxylic acid groups (broad SMARTS) is 1. The van der Waals surface area contributed by atoms with Crippen LogP contribution >= 0.6 is 0 Å². The maximum absolute atomic E-state index is 12.4. The number of halogens is 3. The first kappa shape index (κ1) is 14.3. The van der Waals surface area contributed by atoms with E-state index in [2.05, 4.69) is 6.58 Å². The molecular formula is C8H11F3N2O3. The van der Waals surface area contributed by atoms with E-state index in [4.69, 9.17) is 5.11 Å². The van der Waals surface area contributed by atoms with E-state index in [0.717, 1.165) is 0 Å². The summed E-state index contributed by atoms with van der Waals surface area (Å²) in [5, 5.41) is 11.8. The number of alkyl halides is 3. The summed E-state index contributed by atoms with van der Waals surface area (Å²) in [7, 11) is 0. The molecule has 2 amide bonds. The lowest BCUT2D eigenvalue weighted by Gasteiger charge is -2.28. The second-order valence-corrected chi connectivity index (χ2v) is 3.05. The third kappa shape index (κ3) is 3.14. The Morgan fingerprint density at radius 3 is 2.25 bits per heavy atom. The Morgan fingerprint density at radius 1 is 1.44 bits per heavy atom. The molecule has 1 atom stereocenters. The lowest BCUT2D eigenvalue weighted by Crippen LogP contribution is -2.63. The van der Waals surface area contributed by atoms with Gasteiger partial charge in [0.2, 0.25) is 5.54 Å². The lowest BCUT2D eigenvalue weighted by molar-refractivity contribution is -0.203. The van der Waals surface area contributed by atoms with Crippen molar-refractivity contribution in [1.82, 2.24) is 10.6 Å². The molecule has 1 unspecified atom stereocenters. The molecule has 92 valence electrons. The van der Waals surface area contributed by atoms with Crippen LogP contribution in [0.1, 0.15) is 6.92 Å². The van der Waals surface area contributed by atoms with Crippen molar-refractivity contribution in [1.29, 1.82) is 0 Å². The molecule has 0 aromatic carbocycles. The van der Waals surface area contributed by atoms with E-state index in [1.165, 1.54) is 11.4 Å². The Labute approximate surface area is 89.3 Å². The quantitative estimate of drug-likeness (QED) is 0.638. The Kier molecular flexibility index (Phi) is 4.34. The van der Waals surface area contributed by atoms with Gasteiger partial charge in [-0.2, -0.15) is 13.2 Å². The molecule has 8 heteroatoms. The molecule has 0 aliphatic rings. The molecular weight excluding hydrogens is 229 g/mol. The first-order valence-corrected chi connectivity index (χ1v) is 4.12. The maximum atomic E-state index is 12.4. The highest BCUT2D eigenvalue weighted by molar-refractivity contribution is 5.86.